The van der Waals surface area contributed by atoms with Crippen LogP contribution < -0.4 is 19.1 Å². The lowest BCUT2D eigenvalue weighted by molar-refractivity contribution is 0.0706. The number of hydrogen-bond acceptors (Lipinski definition) is 5. The molecule has 1 aliphatic rings. The van der Waals surface area contributed by atoms with Crippen LogP contribution in [0, 0.1) is 0 Å². The lowest BCUT2D eigenvalue weighted by Crippen LogP contribution is -2.46. The number of nitrogens with zero attached hydrogens (tertiary/aromatic N) is 2. The highest BCUT2D eigenvalue weighted by molar-refractivity contribution is 5.97. The predicted octanol–water partition coefficient (Wildman–Crippen LogP) is 3.06. The molecule has 0 unspecified atom stereocenters. The van der Waals surface area contributed by atoms with Gasteiger partial charge < -0.3 is 24.0 Å². The molecular weight excluding hydrogens is 344 g/mol. The molecule has 27 heavy (non-hydrogen) atoms. The summed E-state index contributed by atoms with van der Waals surface area (Å²) >= 11 is 0. The van der Waals surface area contributed by atoms with E-state index in [2.05, 4.69) is 17.9 Å². The number of amides is 1. The number of likely N-dealkylation sites (N-methyl/N-ethyl adjacent to an activating group) is 2. The van der Waals surface area contributed by atoms with Gasteiger partial charge in [0.15, 0.2) is 0 Å². The van der Waals surface area contributed by atoms with Gasteiger partial charge in [-0.3, -0.25) is 4.79 Å². The molecule has 1 aliphatic heterocycles. The summed E-state index contributed by atoms with van der Waals surface area (Å²) < 4.78 is 16.7. The van der Waals surface area contributed by atoms with Crippen LogP contribution in [-0.2, 0) is 0 Å². The second-order valence-corrected chi connectivity index (χ2v) is 6.50. The van der Waals surface area contributed by atoms with E-state index in [9.17, 15) is 4.79 Å². The summed E-state index contributed by atoms with van der Waals surface area (Å²) in [5.41, 5.74) is 1.57. The molecule has 144 valence electrons. The average molecular weight is 370 g/mol. The third kappa shape index (κ3) is 3.94. The first-order chi connectivity index (χ1) is 13.1. The maximum atomic E-state index is 13.0. The van der Waals surface area contributed by atoms with Crippen LogP contribution in [0.1, 0.15) is 17.3 Å². The molecule has 2 aromatic rings. The summed E-state index contributed by atoms with van der Waals surface area (Å²) in [6, 6.07) is 13.2. The molecule has 1 atom stereocenters. The summed E-state index contributed by atoms with van der Waals surface area (Å²) in [5.74, 6) is 1.87. The van der Waals surface area contributed by atoms with Crippen molar-refractivity contribution < 1.29 is 19.0 Å². The van der Waals surface area contributed by atoms with E-state index < -0.39 is 0 Å². The Morgan fingerprint density at radius 3 is 2.70 bits per heavy atom. The quantitative estimate of drug-likeness (QED) is 0.782. The first-order valence-electron chi connectivity index (χ1n) is 9.05. The molecule has 1 heterocycles. The van der Waals surface area contributed by atoms with Gasteiger partial charge in [0.1, 0.15) is 23.4 Å². The van der Waals surface area contributed by atoms with Crippen LogP contribution in [0.4, 0.5) is 5.69 Å². The Kier molecular flexibility index (Phi) is 5.74. The molecule has 6 heteroatoms. The zero-order valence-corrected chi connectivity index (χ0v) is 16.3. The van der Waals surface area contributed by atoms with Crippen molar-refractivity contribution in [3.05, 3.63) is 48.0 Å². The largest absolute Gasteiger partial charge is 0.497 e. The van der Waals surface area contributed by atoms with Crippen LogP contribution >= 0.6 is 0 Å². The summed E-state index contributed by atoms with van der Waals surface area (Å²) in [4.78, 5) is 16.9. The number of para-hydroxylation sites is 2. The van der Waals surface area contributed by atoms with E-state index in [0.29, 0.717) is 23.6 Å². The summed E-state index contributed by atoms with van der Waals surface area (Å²) in [7, 11) is 4.91. The maximum absolute atomic E-state index is 13.0. The Balaban J connectivity index is 1.76. The lowest BCUT2D eigenvalue weighted by atomic mass is 10.1. The second kappa shape index (κ2) is 8.20. The number of fused-ring (bicyclic) bond motifs is 1. The van der Waals surface area contributed by atoms with Crippen molar-refractivity contribution in [3.8, 4) is 17.2 Å². The third-order valence-electron chi connectivity index (χ3n) is 4.77. The number of ether oxygens (including phenoxy) is 3. The molecule has 3 rings (SSSR count). The molecule has 0 aromatic heterocycles. The van der Waals surface area contributed by atoms with Crippen molar-refractivity contribution in [1.82, 2.24) is 4.90 Å². The highest BCUT2D eigenvalue weighted by Crippen LogP contribution is 2.33. The molecule has 0 aliphatic carbocycles. The van der Waals surface area contributed by atoms with E-state index in [-0.39, 0.29) is 12.0 Å². The third-order valence-corrected chi connectivity index (χ3v) is 4.77. The normalized spacial score (nSPS) is 15.6. The van der Waals surface area contributed by atoms with E-state index in [1.807, 2.05) is 18.2 Å². The smallest absolute Gasteiger partial charge is 0.257 e. The Hall–Kier alpha value is -2.89. The van der Waals surface area contributed by atoms with Crippen LogP contribution in [0.25, 0.3) is 0 Å². The fourth-order valence-corrected chi connectivity index (χ4v) is 3.35. The number of anilines is 1. The standard InChI is InChI=1S/C21H26N2O4/c1-5-23-14-16(27-20-9-7-6-8-18(20)23)13-22(2)21(24)17-12-15(25-3)10-11-19(17)26-4/h6-12,16H,5,13-14H2,1-4H3/t16-/m1/s1. The minimum absolute atomic E-state index is 0.106. The Morgan fingerprint density at radius 1 is 1.22 bits per heavy atom. The molecule has 0 bridgehead atoms. The number of rotatable bonds is 6. The van der Waals surface area contributed by atoms with Crippen molar-refractivity contribution in [2.45, 2.75) is 13.0 Å². The summed E-state index contributed by atoms with van der Waals surface area (Å²) in [6.07, 6.45) is -0.106. The van der Waals surface area contributed by atoms with Gasteiger partial charge in [0.2, 0.25) is 0 Å². The molecule has 0 N–H and O–H groups in total. The molecular formula is C21H26N2O4. The Labute approximate surface area is 160 Å². The molecule has 1 amide bonds. The SMILES string of the molecule is CCN1C[C@@H](CN(C)C(=O)c2cc(OC)ccc2OC)Oc2ccccc21. The fourth-order valence-electron chi connectivity index (χ4n) is 3.35. The van der Waals surface area contributed by atoms with Crippen molar-refractivity contribution in [1.29, 1.82) is 0 Å². The van der Waals surface area contributed by atoms with Crippen LogP contribution in [0.15, 0.2) is 42.5 Å². The van der Waals surface area contributed by atoms with Gasteiger partial charge in [-0.25, -0.2) is 0 Å². The predicted molar refractivity (Wildman–Crippen MR) is 105 cm³/mol. The Morgan fingerprint density at radius 2 is 2.00 bits per heavy atom. The van der Waals surface area contributed by atoms with Crippen molar-refractivity contribution in [2.24, 2.45) is 0 Å². The maximum Gasteiger partial charge on any atom is 0.257 e. The highest BCUT2D eigenvalue weighted by Gasteiger charge is 2.27. The van der Waals surface area contributed by atoms with Crippen LogP contribution in [0.2, 0.25) is 0 Å². The van der Waals surface area contributed by atoms with Crippen molar-refractivity contribution >= 4 is 11.6 Å². The highest BCUT2D eigenvalue weighted by atomic mass is 16.5. The van der Waals surface area contributed by atoms with Crippen LogP contribution in [-0.4, -0.2) is 57.8 Å². The molecule has 0 saturated heterocycles. The van der Waals surface area contributed by atoms with Crippen molar-refractivity contribution in [3.63, 3.8) is 0 Å². The molecule has 6 nitrogen and oxygen atoms in total. The zero-order valence-electron chi connectivity index (χ0n) is 16.3. The first kappa shape index (κ1) is 18.9. The Bertz CT molecular complexity index is 809. The lowest BCUT2D eigenvalue weighted by Gasteiger charge is -2.37. The van der Waals surface area contributed by atoms with Crippen molar-refractivity contribution in [2.75, 3.05) is 45.8 Å². The summed E-state index contributed by atoms with van der Waals surface area (Å²) in [6.45, 7) is 4.22. The van der Waals surface area contributed by atoms with Gasteiger partial charge in [0.25, 0.3) is 5.91 Å². The number of benzene rings is 2. The monoisotopic (exact) mass is 370 g/mol. The van der Waals surface area contributed by atoms with Crippen LogP contribution in [0.5, 0.6) is 17.2 Å². The number of hydrogen-bond donors (Lipinski definition) is 0. The van der Waals surface area contributed by atoms with Gasteiger partial charge in [-0.05, 0) is 37.3 Å². The zero-order chi connectivity index (χ0) is 19.4. The minimum Gasteiger partial charge on any atom is -0.497 e. The number of methoxy groups -OCH3 is 2. The van der Waals surface area contributed by atoms with E-state index in [1.165, 1.54) is 0 Å². The second-order valence-electron chi connectivity index (χ2n) is 6.50. The molecule has 0 spiro atoms. The number of carbonyl (C=O) groups excluding carboxylic acids is 1. The molecule has 2 aromatic carbocycles. The van der Waals surface area contributed by atoms with E-state index in [0.717, 1.165) is 24.5 Å². The number of carbonyl (C=O) groups is 1. The van der Waals surface area contributed by atoms with Gasteiger partial charge in [-0.1, -0.05) is 12.1 Å². The van der Waals surface area contributed by atoms with Gasteiger partial charge >= 0.3 is 0 Å². The van der Waals surface area contributed by atoms with Gasteiger partial charge in [0.05, 0.1) is 38.6 Å². The summed E-state index contributed by atoms with van der Waals surface area (Å²) in [5, 5.41) is 0. The van der Waals surface area contributed by atoms with Gasteiger partial charge in [0, 0.05) is 13.6 Å². The molecule has 0 radical (unpaired) electrons. The van der Waals surface area contributed by atoms with E-state index in [1.54, 1.807) is 44.4 Å². The van der Waals surface area contributed by atoms with E-state index in [4.69, 9.17) is 14.2 Å². The average Bonchev–Trinajstić information content (AvgIpc) is 2.71. The van der Waals surface area contributed by atoms with Gasteiger partial charge in [-0.15, -0.1) is 0 Å². The first-order valence-corrected chi connectivity index (χ1v) is 9.05. The molecule has 0 saturated carbocycles. The van der Waals surface area contributed by atoms with Crippen LogP contribution in [0.3, 0.4) is 0 Å². The van der Waals surface area contributed by atoms with E-state index >= 15 is 0 Å². The topological polar surface area (TPSA) is 51.2 Å². The fraction of sp³-hybridized carbons (Fsp3) is 0.381. The van der Waals surface area contributed by atoms with Gasteiger partial charge in [-0.2, -0.15) is 0 Å². The minimum atomic E-state index is -0.128. The molecule has 0 fully saturated rings.